The lowest BCUT2D eigenvalue weighted by molar-refractivity contribution is -0.122. The molecule has 1 aliphatic carbocycles. The molecule has 1 saturated heterocycles. The Morgan fingerprint density at radius 2 is 1.92 bits per heavy atom. The summed E-state index contributed by atoms with van der Waals surface area (Å²) >= 11 is 0. The highest BCUT2D eigenvalue weighted by atomic mass is 32.2. The van der Waals surface area contributed by atoms with Crippen molar-refractivity contribution in [2.75, 3.05) is 32.7 Å². The number of hydrogen-bond acceptors (Lipinski definition) is 6. The molecule has 9 heteroatoms. The van der Waals surface area contributed by atoms with E-state index in [2.05, 4.69) is 10.5 Å². The normalized spacial score (nSPS) is 19.7. The van der Waals surface area contributed by atoms with E-state index in [4.69, 9.17) is 4.52 Å². The number of para-hydroxylation sites is 1. The number of benzene rings is 1. The van der Waals surface area contributed by atoms with E-state index in [-0.39, 0.29) is 11.7 Å². The van der Waals surface area contributed by atoms with Crippen LogP contribution in [0.2, 0.25) is 0 Å². The number of piperazine rings is 1. The van der Waals surface area contributed by atoms with Crippen LogP contribution < -0.4 is 5.32 Å². The zero-order valence-electron chi connectivity index (χ0n) is 14.4. The Bertz CT molecular complexity index is 898. The van der Waals surface area contributed by atoms with E-state index in [1.807, 2.05) is 23.1 Å². The summed E-state index contributed by atoms with van der Waals surface area (Å²) in [6.45, 7) is 2.20. The van der Waals surface area contributed by atoms with Crippen molar-refractivity contribution in [1.82, 2.24) is 19.7 Å². The molecule has 0 atom stereocenters. The smallest absolute Gasteiger partial charge is 0.234 e. The fourth-order valence-electron chi connectivity index (χ4n) is 3.18. The fourth-order valence-corrected chi connectivity index (χ4v) is 4.63. The molecular formula is C17H22N4O4S. The van der Waals surface area contributed by atoms with Crippen LogP contribution in [0.1, 0.15) is 18.5 Å². The maximum Gasteiger partial charge on any atom is 0.234 e. The van der Waals surface area contributed by atoms with Crippen molar-refractivity contribution in [3.05, 3.63) is 30.0 Å². The summed E-state index contributed by atoms with van der Waals surface area (Å²) in [4.78, 5) is 13.9. The van der Waals surface area contributed by atoms with Gasteiger partial charge in [-0.1, -0.05) is 17.3 Å². The SMILES string of the molecule is O=C(CN1CCN(S(=O)(=O)Cc2noc3ccccc23)CC1)NC1CC1. The van der Waals surface area contributed by atoms with Crippen molar-refractivity contribution < 1.29 is 17.7 Å². The summed E-state index contributed by atoms with van der Waals surface area (Å²) in [6.07, 6.45) is 2.13. The van der Waals surface area contributed by atoms with E-state index < -0.39 is 10.0 Å². The van der Waals surface area contributed by atoms with Crippen LogP contribution in [0.15, 0.2) is 28.8 Å². The quantitative estimate of drug-likeness (QED) is 0.789. The van der Waals surface area contributed by atoms with Crippen LogP contribution in [0, 0.1) is 0 Å². The van der Waals surface area contributed by atoms with E-state index in [9.17, 15) is 13.2 Å². The Labute approximate surface area is 152 Å². The lowest BCUT2D eigenvalue weighted by Crippen LogP contribution is -2.51. The van der Waals surface area contributed by atoms with Gasteiger partial charge in [0.1, 0.15) is 11.4 Å². The Kier molecular flexibility index (Phi) is 4.68. The van der Waals surface area contributed by atoms with Gasteiger partial charge in [0, 0.05) is 37.6 Å². The first-order chi connectivity index (χ1) is 12.5. The van der Waals surface area contributed by atoms with E-state index >= 15 is 0 Å². The van der Waals surface area contributed by atoms with Gasteiger partial charge in [-0.2, -0.15) is 4.31 Å². The minimum Gasteiger partial charge on any atom is -0.356 e. The minimum absolute atomic E-state index is 0.0258. The number of sulfonamides is 1. The van der Waals surface area contributed by atoms with Crippen LogP contribution in [0.4, 0.5) is 0 Å². The second-order valence-corrected chi connectivity index (χ2v) is 8.87. The zero-order valence-corrected chi connectivity index (χ0v) is 15.2. The van der Waals surface area contributed by atoms with Gasteiger partial charge in [0.2, 0.25) is 15.9 Å². The molecule has 0 radical (unpaired) electrons. The highest BCUT2D eigenvalue weighted by Crippen LogP contribution is 2.22. The largest absolute Gasteiger partial charge is 0.356 e. The van der Waals surface area contributed by atoms with Crippen LogP contribution in [0.25, 0.3) is 11.0 Å². The number of nitrogens with one attached hydrogen (secondary N) is 1. The van der Waals surface area contributed by atoms with Gasteiger partial charge in [-0.3, -0.25) is 9.69 Å². The van der Waals surface area contributed by atoms with Gasteiger partial charge in [0.05, 0.1) is 6.54 Å². The van der Waals surface area contributed by atoms with Crippen molar-refractivity contribution in [2.45, 2.75) is 24.6 Å². The third-order valence-corrected chi connectivity index (χ3v) is 6.60. The number of rotatable bonds is 6. The van der Waals surface area contributed by atoms with E-state index in [0.29, 0.717) is 50.0 Å². The van der Waals surface area contributed by atoms with Gasteiger partial charge in [-0.05, 0) is 25.0 Å². The number of hydrogen-bond donors (Lipinski definition) is 1. The Hall–Kier alpha value is -1.97. The molecule has 2 heterocycles. The van der Waals surface area contributed by atoms with Crippen molar-refractivity contribution in [3.8, 4) is 0 Å². The van der Waals surface area contributed by atoms with Crippen molar-refractivity contribution in [1.29, 1.82) is 0 Å². The Morgan fingerprint density at radius 1 is 1.19 bits per heavy atom. The van der Waals surface area contributed by atoms with E-state index in [1.54, 1.807) is 6.07 Å². The molecule has 4 rings (SSSR count). The molecular weight excluding hydrogens is 356 g/mol. The minimum atomic E-state index is -3.48. The van der Waals surface area contributed by atoms with Gasteiger partial charge in [0.25, 0.3) is 0 Å². The highest BCUT2D eigenvalue weighted by Gasteiger charge is 2.30. The van der Waals surface area contributed by atoms with Crippen LogP contribution in [0.5, 0.6) is 0 Å². The number of carbonyl (C=O) groups is 1. The van der Waals surface area contributed by atoms with Gasteiger partial charge >= 0.3 is 0 Å². The highest BCUT2D eigenvalue weighted by molar-refractivity contribution is 7.88. The number of fused-ring (bicyclic) bond motifs is 1. The number of nitrogens with zero attached hydrogens (tertiary/aromatic N) is 3. The molecule has 0 unspecified atom stereocenters. The summed E-state index contributed by atoms with van der Waals surface area (Å²) < 4.78 is 32.1. The predicted molar refractivity (Wildman–Crippen MR) is 95.8 cm³/mol. The Balaban J connectivity index is 1.34. The summed E-state index contributed by atoms with van der Waals surface area (Å²) in [7, 11) is -3.48. The molecule has 2 fully saturated rings. The molecule has 26 heavy (non-hydrogen) atoms. The van der Waals surface area contributed by atoms with Crippen LogP contribution >= 0.6 is 0 Å². The molecule has 0 spiro atoms. The van der Waals surface area contributed by atoms with E-state index in [1.165, 1.54) is 4.31 Å². The van der Waals surface area contributed by atoms with Gasteiger partial charge in [-0.15, -0.1) is 0 Å². The predicted octanol–water partition coefficient (Wildman–Crippen LogP) is 0.554. The first kappa shape index (κ1) is 17.4. The topological polar surface area (TPSA) is 95.8 Å². The zero-order chi connectivity index (χ0) is 18.1. The first-order valence-corrected chi connectivity index (χ1v) is 10.4. The molecule has 1 saturated carbocycles. The molecule has 1 aliphatic heterocycles. The summed E-state index contributed by atoms with van der Waals surface area (Å²) in [5, 5.41) is 7.61. The third kappa shape index (κ3) is 3.89. The maximum atomic E-state index is 12.7. The monoisotopic (exact) mass is 378 g/mol. The molecule has 0 bridgehead atoms. The van der Waals surface area contributed by atoms with Crippen LogP contribution in [-0.4, -0.2) is 67.5 Å². The lowest BCUT2D eigenvalue weighted by Gasteiger charge is -2.33. The van der Waals surface area contributed by atoms with Crippen LogP contribution in [0.3, 0.4) is 0 Å². The summed E-state index contributed by atoms with van der Waals surface area (Å²) in [6, 6.07) is 7.59. The van der Waals surface area contributed by atoms with E-state index in [0.717, 1.165) is 18.2 Å². The van der Waals surface area contributed by atoms with Crippen molar-refractivity contribution >= 4 is 26.9 Å². The molecule has 1 amide bonds. The van der Waals surface area contributed by atoms with Gasteiger partial charge in [-0.25, -0.2) is 8.42 Å². The van der Waals surface area contributed by atoms with Crippen molar-refractivity contribution in [2.24, 2.45) is 0 Å². The summed E-state index contributed by atoms with van der Waals surface area (Å²) in [5.41, 5.74) is 1.02. The fraction of sp³-hybridized carbons (Fsp3) is 0.529. The second-order valence-electron chi connectivity index (χ2n) is 6.90. The average molecular weight is 378 g/mol. The van der Waals surface area contributed by atoms with Gasteiger partial charge in [0.15, 0.2) is 5.58 Å². The number of aromatic nitrogens is 1. The maximum absolute atomic E-state index is 12.7. The standard InChI is InChI=1S/C17H22N4O4S/c22-17(18-13-5-6-13)11-20-7-9-21(10-8-20)26(23,24)12-15-14-3-1-2-4-16(14)25-19-15/h1-4,13H,5-12H2,(H,18,22). The summed E-state index contributed by atoms with van der Waals surface area (Å²) in [5.74, 6) is -0.149. The van der Waals surface area contributed by atoms with Crippen molar-refractivity contribution in [3.63, 3.8) is 0 Å². The number of amides is 1. The van der Waals surface area contributed by atoms with Crippen LogP contribution in [-0.2, 0) is 20.6 Å². The molecule has 8 nitrogen and oxygen atoms in total. The molecule has 2 aliphatic rings. The molecule has 2 aromatic rings. The average Bonchev–Trinajstić information content (AvgIpc) is 3.34. The Morgan fingerprint density at radius 3 is 2.65 bits per heavy atom. The molecule has 1 aromatic heterocycles. The lowest BCUT2D eigenvalue weighted by atomic mass is 10.2. The molecule has 1 N–H and O–H groups in total. The molecule has 1 aromatic carbocycles. The molecule has 140 valence electrons. The number of carbonyl (C=O) groups excluding carboxylic acids is 1. The first-order valence-electron chi connectivity index (χ1n) is 8.84. The third-order valence-electron chi connectivity index (χ3n) is 4.81. The van der Waals surface area contributed by atoms with Gasteiger partial charge < -0.3 is 9.84 Å². The second kappa shape index (κ2) is 6.98.